The highest BCUT2D eigenvalue weighted by Gasteiger charge is 2.35. The standard InChI is InChI=1S/C11H17NO3/c1-7(2)9(4-5-13)12-10(14)6-8(3)11(12)15/h6-7,9,13H,4-5H2,1-3H3. The van der Waals surface area contributed by atoms with Gasteiger partial charge in [-0.25, -0.2) is 0 Å². The van der Waals surface area contributed by atoms with Gasteiger partial charge in [0.2, 0.25) is 0 Å². The van der Waals surface area contributed by atoms with Gasteiger partial charge >= 0.3 is 0 Å². The van der Waals surface area contributed by atoms with Crippen molar-refractivity contribution < 1.29 is 14.7 Å². The van der Waals surface area contributed by atoms with Crippen LogP contribution in [0.1, 0.15) is 27.2 Å². The number of imide groups is 1. The van der Waals surface area contributed by atoms with Gasteiger partial charge in [-0.3, -0.25) is 14.5 Å². The SMILES string of the molecule is CC1=CC(=O)N(C(CCO)C(C)C)C1=O. The highest BCUT2D eigenvalue weighted by Crippen LogP contribution is 2.22. The Bertz CT molecular complexity index is 307. The summed E-state index contributed by atoms with van der Waals surface area (Å²) in [5.74, 6) is -0.332. The van der Waals surface area contributed by atoms with E-state index in [2.05, 4.69) is 0 Å². The largest absolute Gasteiger partial charge is 0.396 e. The lowest BCUT2D eigenvalue weighted by molar-refractivity contribution is -0.141. The molecule has 0 spiro atoms. The molecule has 4 heteroatoms. The Morgan fingerprint density at radius 2 is 2.00 bits per heavy atom. The van der Waals surface area contributed by atoms with Crippen LogP contribution in [0, 0.1) is 5.92 Å². The molecule has 0 aliphatic carbocycles. The second-order valence-electron chi connectivity index (χ2n) is 4.16. The number of carbonyl (C=O) groups is 2. The molecule has 84 valence electrons. The molecule has 1 N–H and O–H groups in total. The van der Waals surface area contributed by atoms with Crippen LogP contribution in [0.25, 0.3) is 0 Å². The summed E-state index contributed by atoms with van der Waals surface area (Å²) in [6.45, 7) is 5.50. The fourth-order valence-corrected chi connectivity index (χ4v) is 1.81. The molecular weight excluding hydrogens is 194 g/mol. The zero-order chi connectivity index (χ0) is 11.6. The zero-order valence-corrected chi connectivity index (χ0v) is 9.36. The van der Waals surface area contributed by atoms with Gasteiger partial charge in [0.05, 0.1) is 0 Å². The molecule has 1 aliphatic heterocycles. The fourth-order valence-electron chi connectivity index (χ4n) is 1.81. The molecule has 0 saturated heterocycles. The van der Waals surface area contributed by atoms with E-state index in [0.717, 1.165) is 0 Å². The third kappa shape index (κ3) is 2.26. The lowest BCUT2D eigenvalue weighted by Gasteiger charge is -2.29. The van der Waals surface area contributed by atoms with E-state index in [1.165, 1.54) is 11.0 Å². The number of hydrogen-bond acceptors (Lipinski definition) is 3. The first-order valence-electron chi connectivity index (χ1n) is 5.15. The molecule has 1 rings (SSSR count). The number of carbonyl (C=O) groups excluding carboxylic acids is 2. The molecule has 0 aromatic rings. The number of aliphatic hydroxyl groups is 1. The second kappa shape index (κ2) is 4.57. The van der Waals surface area contributed by atoms with E-state index >= 15 is 0 Å². The maximum absolute atomic E-state index is 11.7. The van der Waals surface area contributed by atoms with Crippen molar-refractivity contribution in [3.63, 3.8) is 0 Å². The first-order chi connectivity index (χ1) is 6.99. The topological polar surface area (TPSA) is 57.6 Å². The maximum Gasteiger partial charge on any atom is 0.256 e. The van der Waals surface area contributed by atoms with Crippen molar-refractivity contribution in [3.05, 3.63) is 11.6 Å². The van der Waals surface area contributed by atoms with Gasteiger partial charge in [0.15, 0.2) is 0 Å². The van der Waals surface area contributed by atoms with E-state index in [9.17, 15) is 9.59 Å². The molecule has 1 aliphatic rings. The summed E-state index contributed by atoms with van der Waals surface area (Å²) in [6.07, 6.45) is 1.80. The predicted molar refractivity (Wildman–Crippen MR) is 55.9 cm³/mol. The van der Waals surface area contributed by atoms with Gasteiger partial charge < -0.3 is 5.11 Å². The molecule has 15 heavy (non-hydrogen) atoms. The number of rotatable bonds is 4. The molecule has 0 saturated carbocycles. The predicted octanol–water partition coefficient (Wildman–Crippen LogP) is 0.708. The van der Waals surface area contributed by atoms with Crippen molar-refractivity contribution in [2.45, 2.75) is 33.2 Å². The molecule has 1 unspecified atom stereocenters. The van der Waals surface area contributed by atoms with E-state index in [1.807, 2.05) is 13.8 Å². The molecule has 0 aromatic heterocycles. The van der Waals surface area contributed by atoms with Crippen LogP contribution in [0.3, 0.4) is 0 Å². The van der Waals surface area contributed by atoms with Crippen LogP contribution in [0.15, 0.2) is 11.6 Å². The Labute approximate surface area is 89.6 Å². The molecule has 0 aromatic carbocycles. The van der Waals surface area contributed by atoms with Gasteiger partial charge in [0, 0.05) is 24.3 Å². The smallest absolute Gasteiger partial charge is 0.256 e. The van der Waals surface area contributed by atoms with Gasteiger partial charge in [-0.05, 0) is 19.3 Å². The number of nitrogens with zero attached hydrogens (tertiary/aromatic N) is 1. The van der Waals surface area contributed by atoms with Gasteiger partial charge in [-0.15, -0.1) is 0 Å². The second-order valence-corrected chi connectivity index (χ2v) is 4.16. The molecule has 0 fully saturated rings. The summed E-state index contributed by atoms with van der Waals surface area (Å²) < 4.78 is 0. The van der Waals surface area contributed by atoms with E-state index in [0.29, 0.717) is 12.0 Å². The minimum Gasteiger partial charge on any atom is -0.396 e. The minimum absolute atomic E-state index is 0.0149. The summed E-state index contributed by atoms with van der Waals surface area (Å²) >= 11 is 0. The van der Waals surface area contributed by atoms with Gasteiger partial charge in [-0.1, -0.05) is 13.8 Å². The van der Waals surface area contributed by atoms with Crippen molar-refractivity contribution in [2.24, 2.45) is 5.92 Å². The summed E-state index contributed by atoms with van der Waals surface area (Å²) in [4.78, 5) is 24.5. The van der Waals surface area contributed by atoms with E-state index in [1.54, 1.807) is 6.92 Å². The first kappa shape index (κ1) is 11.9. The monoisotopic (exact) mass is 211 g/mol. The summed E-state index contributed by atoms with van der Waals surface area (Å²) in [7, 11) is 0. The van der Waals surface area contributed by atoms with Crippen LogP contribution in [0.5, 0.6) is 0 Å². The first-order valence-corrected chi connectivity index (χ1v) is 5.15. The van der Waals surface area contributed by atoms with Gasteiger partial charge in [0.25, 0.3) is 11.8 Å². The third-order valence-corrected chi connectivity index (χ3v) is 2.66. The number of hydrogen-bond donors (Lipinski definition) is 1. The van der Waals surface area contributed by atoms with Crippen LogP contribution in [0.4, 0.5) is 0 Å². The van der Waals surface area contributed by atoms with Crippen molar-refractivity contribution in [2.75, 3.05) is 6.61 Å². The maximum atomic E-state index is 11.7. The fraction of sp³-hybridized carbons (Fsp3) is 0.636. The molecule has 4 nitrogen and oxygen atoms in total. The van der Waals surface area contributed by atoms with Crippen molar-refractivity contribution >= 4 is 11.8 Å². The summed E-state index contributed by atoms with van der Waals surface area (Å²) in [5.41, 5.74) is 0.476. The summed E-state index contributed by atoms with van der Waals surface area (Å²) in [6, 6.07) is -0.205. The van der Waals surface area contributed by atoms with E-state index in [4.69, 9.17) is 5.11 Å². The normalized spacial score (nSPS) is 18.7. The van der Waals surface area contributed by atoms with Crippen molar-refractivity contribution in [1.82, 2.24) is 4.90 Å². The van der Waals surface area contributed by atoms with Crippen LogP contribution in [0.2, 0.25) is 0 Å². The number of aliphatic hydroxyl groups excluding tert-OH is 1. The Balaban J connectivity index is 2.86. The Hall–Kier alpha value is -1.16. The lowest BCUT2D eigenvalue weighted by atomic mass is 9.99. The molecule has 1 atom stereocenters. The van der Waals surface area contributed by atoms with Crippen LogP contribution in [-0.2, 0) is 9.59 Å². The Morgan fingerprint density at radius 3 is 2.33 bits per heavy atom. The molecule has 1 heterocycles. The van der Waals surface area contributed by atoms with E-state index < -0.39 is 0 Å². The lowest BCUT2D eigenvalue weighted by Crippen LogP contribution is -2.44. The molecule has 0 bridgehead atoms. The average molecular weight is 211 g/mol. The Kier molecular flexibility index (Phi) is 3.63. The van der Waals surface area contributed by atoms with Crippen LogP contribution in [-0.4, -0.2) is 34.5 Å². The zero-order valence-electron chi connectivity index (χ0n) is 9.36. The van der Waals surface area contributed by atoms with Crippen molar-refractivity contribution in [1.29, 1.82) is 0 Å². The highest BCUT2D eigenvalue weighted by molar-refractivity contribution is 6.16. The quantitative estimate of drug-likeness (QED) is 0.697. The van der Waals surface area contributed by atoms with E-state index in [-0.39, 0.29) is 30.4 Å². The Morgan fingerprint density at radius 1 is 1.40 bits per heavy atom. The molecular formula is C11H17NO3. The van der Waals surface area contributed by atoms with Crippen LogP contribution < -0.4 is 0 Å². The molecule has 2 amide bonds. The number of amides is 2. The minimum atomic E-state index is -0.260. The average Bonchev–Trinajstić information content (AvgIpc) is 2.38. The van der Waals surface area contributed by atoms with Gasteiger partial charge in [-0.2, -0.15) is 0 Å². The molecule has 0 radical (unpaired) electrons. The third-order valence-electron chi connectivity index (χ3n) is 2.66. The van der Waals surface area contributed by atoms with Crippen LogP contribution >= 0.6 is 0 Å². The highest BCUT2D eigenvalue weighted by atomic mass is 16.3. The van der Waals surface area contributed by atoms with Gasteiger partial charge in [0.1, 0.15) is 0 Å². The summed E-state index contributed by atoms with van der Waals surface area (Å²) in [5, 5.41) is 8.92. The van der Waals surface area contributed by atoms with Crippen molar-refractivity contribution in [3.8, 4) is 0 Å².